The van der Waals surface area contributed by atoms with Crippen molar-refractivity contribution in [1.82, 2.24) is 14.5 Å². The minimum absolute atomic E-state index is 0.0363. The predicted molar refractivity (Wildman–Crippen MR) is 126 cm³/mol. The van der Waals surface area contributed by atoms with Crippen LogP contribution in [0.5, 0.6) is 0 Å². The highest BCUT2D eigenvalue weighted by Crippen LogP contribution is 2.36. The molecule has 2 aliphatic rings. The molecule has 8 nitrogen and oxygen atoms in total. The summed E-state index contributed by atoms with van der Waals surface area (Å²) in [6.07, 6.45) is 4.16. The van der Waals surface area contributed by atoms with Gasteiger partial charge in [-0.1, -0.05) is 11.6 Å². The van der Waals surface area contributed by atoms with Gasteiger partial charge in [0.05, 0.1) is 5.56 Å². The first kappa shape index (κ1) is 21.2. The Kier molecular flexibility index (Phi) is 5.60. The summed E-state index contributed by atoms with van der Waals surface area (Å²) in [5.41, 5.74) is 2.02. The lowest BCUT2D eigenvalue weighted by atomic mass is 9.83. The van der Waals surface area contributed by atoms with Crippen LogP contribution in [0.25, 0.3) is 0 Å². The van der Waals surface area contributed by atoms with E-state index in [1.54, 1.807) is 59.4 Å². The van der Waals surface area contributed by atoms with Gasteiger partial charge < -0.3 is 20.1 Å². The van der Waals surface area contributed by atoms with Crippen LogP contribution in [-0.2, 0) is 6.54 Å². The van der Waals surface area contributed by atoms with Crippen LogP contribution in [0.1, 0.15) is 28.4 Å². The van der Waals surface area contributed by atoms with E-state index in [9.17, 15) is 14.4 Å². The summed E-state index contributed by atoms with van der Waals surface area (Å²) in [5, 5.41) is 5.91. The van der Waals surface area contributed by atoms with E-state index in [2.05, 4.69) is 15.6 Å². The van der Waals surface area contributed by atoms with Gasteiger partial charge >= 0.3 is 6.03 Å². The molecule has 2 aliphatic heterocycles. The van der Waals surface area contributed by atoms with Crippen molar-refractivity contribution in [2.75, 3.05) is 23.7 Å². The normalized spacial score (nSPS) is 18.9. The Morgan fingerprint density at radius 3 is 2.58 bits per heavy atom. The molecule has 5 rings (SSSR count). The molecular weight excluding hydrogens is 442 g/mol. The molecule has 9 heteroatoms. The van der Waals surface area contributed by atoms with E-state index in [1.165, 1.54) is 0 Å². The van der Waals surface area contributed by atoms with Crippen LogP contribution >= 0.6 is 11.6 Å². The first-order valence-corrected chi connectivity index (χ1v) is 11.1. The van der Waals surface area contributed by atoms with Crippen LogP contribution in [-0.4, -0.2) is 39.5 Å². The molecule has 1 aromatic carbocycles. The number of carbonyl (C=O) groups is 2. The summed E-state index contributed by atoms with van der Waals surface area (Å²) < 4.78 is 1.74. The van der Waals surface area contributed by atoms with E-state index in [4.69, 9.17) is 11.6 Å². The van der Waals surface area contributed by atoms with E-state index in [1.807, 2.05) is 11.0 Å². The second kappa shape index (κ2) is 8.71. The first-order chi connectivity index (χ1) is 16.0. The minimum atomic E-state index is -0.501. The Morgan fingerprint density at radius 2 is 1.82 bits per heavy atom. The number of likely N-dealkylation sites (tertiary alicyclic amines) is 1. The average molecular weight is 464 g/mol. The summed E-state index contributed by atoms with van der Waals surface area (Å²) in [7, 11) is 0. The molecule has 33 heavy (non-hydrogen) atoms. The monoisotopic (exact) mass is 463 g/mol. The van der Waals surface area contributed by atoms with Gasteiger partial charge in [-0.3, -0.25) is 14.6 Å². The van der Waals surface area contributed by atoms with E-state index in [0.717, 1.165) is 12.1 Å². The van der Waals surface area contributed by atoms with Crippen molar-refractivity contribution in [1.29, 1.82) is 0 Å². The van der Waals surface area contributed by atoms with Crippen molar-refractivity contribution >= 4 is 34.9 Å². The molecule has 0 radical (unpaired) electrons. The van der Waals surface area contributed by atoms with E-state index in [0.29, 0.717) is 35.9 Å². The Labute approximate surface area is 195 Å². The quantitative estimate of drug-likeness (QED) is 0.617. The second-order valence-electron chi connectivity index (χ2n) is 8.42. The van der Waals surface area contributed by atoms with Gasteiger partial charge in [0.15, 0.2) is 0 Å². The number of piperidine rings is 1. The van der Waals surface area contributed by atoms with Crippen molar-refractivity contribution in [3.63, 3.8) is 0 Å². The molecule has 3 aromatic rings. The summed E-state index contributed by atoms with van der Waals surface area (Å²) in [6, 6.07) is 13.2. The molecule has 168 valence electrons. The van der Waals surface area contributed by atoms with E-state index in [-0.39, 0.29) is 29.0 Å². The average Bonchev–Trinajstić information content (AvgIpc) is 2.82. The number of benzene rings is 1. The highest BCUT2D eigenvalue weighted by molar-refractivity contribution is 6.30. The summed E-state index contributed by atoms with van der Waals surface area (Å²) in [6.45, 7) is 1.65. The van der Waals surface area contributed by atoms with Crippen LogP contribution in [0.4, 0.5) is 16.2 Å². The lowest BCUT2D eigenvalue weighted by Gasteiger charge is -2.42. The third-order valence-electron chi connectivity index (χ3n) is 6.15. The van der Waals surface area contributed by atoms with Crippen molar-refractivity contribution in [3.05, 3.63) is 87.6 Å². The Bertz CT molecular complexity index is 1260. The summed E-state index contributed by atoms with van der Waals surface area (Å²) in [4.78, 5) is 44.3. The fraction of sp³-hybridized carbons (Fsp3) is 0.250. The third-order valence-corrected chi connectivity index (χ3v) is 6.40. The van der Waals surface area contributed by atoms with Crippen LogP contribution in [0, 0.1) is 5.92 Å². The Balaban J connectivity index is 1.32. The van der Waals surface area contributed by atoms with Gasteiger partial charge in [-0.25, -0.2) is 4.79 Å². The molecule has 2 atom stereocenters. The zero-order valence-electron chi connectivity index (χ0n) is 17.7. The summed E-state index contributed by atoms with van der Waals surface area (Å²) >= 11 is 5.87. The third kappa shape index (κ3) is 4.34. The first-order valence-electron chi connectivity index (χ1n) is 10.7. The van der Waals surface area contributed by atoms with Crippen LogP contribution in [0.15, 0.2) is 65.7 Å². The van der Waals surface area contributed by atoms with Crippen molar-refractivity contribution in [2.24, 2.45) is 5.92 Å². The number of fused-ring (bicyclic) bond motifs is 4. The lowest BCUT2D eigenvalue weighted by molar-refractivity contribution is 0.0594. The number of urea groups is 1. The zero-order chi connectivity index (χ0) is 22.9. The topological polar surface area (TPSA) is 96.3 Å². The maximum Gasteiger partial charge on any atom is 0.323 e. The van der Waals surface area contributed by atoms with Crippen LogP contribution < -0.4 is 16.2 Å². The molecule has 2 aromatic heterocycles. The summed E-state index contributed by atoms with van der Waals surface area (Å²) in [5.74, 6) is 0.209. The van der Waals surface area contributed by atoms with Gasteiger partial charge in [-0.05, 0) is 60.9 Å². The molecule has 1 fully saturated rings. The van der Waals surface area contributed by atoms with E-state index < -0.39 is 6.03 Å². The number of halogens is 1. The maximum atomic E-state index is 13.1. The minimum Gasteiger partial charge on any atom is -0.338 e. The molecule has 2 N–H and O–H groups in total. The molecule has 3 amide bonds. The smallest absolute Gasteiger partial charge is 0.323 e. The van der Waals surface area contributed by atoms with Gasteiger partial charge in [0, 0.05) is 54.3 Å². The number of carbonyl (C=O) groups excluding carboxylic acids is 2. The molecular formula is C24H22ClN5O3. The molecule has 0 saturated carbocycles. The number of nitrogens with zero attached hydrogens (tertiary/aromatic N) is 3. The second-order valence-corrected chi connectivity index (χ2v) is 8.86. The highest BCUT2D eigenvalue weighted by Gasteiger charge is 2.37. The van der Waals surface area contributed by atoms with Crippen molar-refractivity contribution < 1.29 is 9.59 Å². The number of pyridine rings is 2. The van der Waals surface area contributed by atoms with E-state index >= 15 is 0 Å². The maximum absolute atomic E-state index is 13.1. The van der Waals surface area contributed by atoms with Gasteiger partial charge in [-0.2, -0.15) is 0 Å². The van der Waals surface area contributed by atoms with Crippen LogP contribution in [0.3, 0.4) is 0 Å². The molecule has 0 unspecified atom stereocenters. The fourth-order valence-electron chi connectivity index (χ4n) is 4.70. The molecule has 0 spiro atoms. The number of hydrogen-bond donors (Lipinski definition) is 2. The Morgan fingerprint density at radius 1 is 1.00 bits per heavy atom. The molecule has 4 heterocycles. The number of anilines is 2. The van der Waals surface area contributed by atoms with Crippen molar-refractivity contribution in [3.8, 4) is 0 Å². The number of hydrogen-bond acceptors (Lipinski definition) is 4. The van der Waals surface area contributed by atoms with Gasteiger partial charge in [0.2, 0.25) is 0 Å². The van der Waals surface area contributed by atoms with Gasteiger partial charge in [0.25, 0.3) is 11.5 Å². The fourth-order valence-corrected chi connectivity index (χ4v) is 4.82. The largest absolute Gasteiger partial charge is 0.338 e. The zero-order valence-corrected chi connectivity index (χ0v) is 18.5. The standard InChI is InChI=1S/C24H22ClN5O3/c25-18-3-5-19(6-4-18)27-24(33)28-20-7-8-21-17-10-15(13-30(21)23(20)32)12-29(14-17)22(31)16-2-1-9-26-11-16/h1-9,11,15,17H,10,12-14H2,(H2,27,28,33)/t15-,17+/m0/s1. The number of nitrogens with one attached hydrogen (secondary N) is 2. The lowest BCUT2D eigenvalue weighted by Crippen LogP contribution is -2.49. The predicted octanol–water partition coefficient (Wildman–Crippen LogP) is 3.80. The SMILES string of the molecule is O=C(Nc1ccc(Cl)cc1)Nc1ccc2n(c1=O)C[C@H]1C[C@@H]2CN(C(=O)c2cccnc2)C1. The number of rotatable bonds is 3. The molecule has 2 bridgehead atoms. The van der Waals surface area contributed by atoms with Gasteiger partial charge in [0.1, 0.15) is 5.69 Å². The molecule has 1 saturated heterocycles. The van der Waals surface area contributed by atoms with Crippen LogP contribution in [0.2, 0.25) is 5.02 Å². The Hall–Kier alpha value is -3.65. The van der Waals surface area contributed by atoms with Gasteiger partial charge in [-0.15, -0.1) is 0 Å². The van der Waals surface area contributed by atoms with Crippen molar-refractivity contribution in [2.45, 2.75) is 18.9 Å². The number of aromatic nitrogens is 2. The number of amides is 3. The molecule has 0 aliphatic carbocycles. The highest BCUT2D eigenvalue weighted by atomic mass is 35.5.